The van der Waals surface area contributed by atoms with Crippen molar-refractivity contribution in [2.24, 2.45) is 0 Å². The number of aliphatic hydroxyl groups excluding tert-OH is 1. The SMILES string of the molecule is C=CC(=O)NC=C(CCCO)C(=O)O. The van der Waals surface area contributed by atoms with Crippen molar-refractivity contribution in [1.29, 1.82) is 0 Å². The van der Waals surface area contributed by atoms with Gasteiger partial charge in [-0.05, 0) is 18.9 Å². The molecule has 0 heterocycles. The third kappa shape index (κ3) is 5.10. The summed E-state index contributed by atoms with van der Waals surface area (Å²) in [5.74, 6) is -1.57. The lowest BCUT2D eigenvalue weighted by Crippen LogP contribution is -2.16. The zero-order chi connectivity index (χ0) is 11.0. The average Bonchev–Trinajstić information content (AvgIpc) is 2.16. The largest absolute Gasteiger partial charge is 0.478 e. The second-order valence-corrected chi connectivity index (χ2v) is 2.51. The van der Waals surface area contributed by atoms with Gasteiger partial charge in [0.25, 0.3) is 0 Å². The van der Waals surface area contributed by atoms with Gasteiger partial charge in [0, 0.05) is 12.8 Å². The molecule has 0 fully saturated rings. The molecule has 0 aliphatic heterocycles. The normalized spacial score (nSPS) is 10.8. The summed E-state index contributed by atoms with van der Waals surface area (Å²) in [5, 5.41) is 19.4. The molecule has 5 nitrogen and oxygen atoms in total. The minimum absolute atomic E-state index is 0.0502. The number of aliphatic carboxylic acids is 1. The van der Waals surface area contributed by atoms with Crippen LogP contribution in [0.5, 0.6) is 0 Å². The molecule has 0 saturated carbocycles. The number of hydrogen-bond acceptors (Lipinski definition) is 3. The molecular weight excluding hydrogens is 186 g/mol. The Bertz CT molecular complexity index is 258. The molecule has 0 aromatic carbocycles. The van der Waals surface area contributed by atoms with Crippen molar-refractivity contribution in [3.8, 4) is 0 Å². The van der Waals surface area contributed by atoms with Crippen LogP contribution in [0.4, 0.5) is 0 Å². The first-order valence-electron chi connectivity index (χ1n) is 4.08. The minimum atomic E-state index is -1.11. The van der Waals surface area contributed by atoms with Gasteiger partial charge >= 0.3 is 5.97 Å². The van der Waals surface area contributed by atoms with Crippen molar-refractivity contribution in [3.63, 3.8) is 0 Å². The smallest absolute Gasteiger partial charge is 0.333 e. The van der Waals surface area contributed by atoms with Gasteiger partial charge in [0.1, 0.15) is 0 Å². The third-order valence-electron chi connectivity index (χ3n) is 1.45. The Morgan fingerprint density at radius 2 is 2.07 bits per heavy atom. The number of nitrogens with one attached hydrogen (secondary N) is 1. The van der Waals surface area contributed by atoms with Crippen LogP contribution in [-0.2, 0) is 9.59 Å². The Balaban J connectivity index is 4.25. The molecular formula is C9H13NO4. The Labute approximate surface area is 81.7 Å². The third-order valence-corrected chi connectivity index (χ3v) is 1.45. The Hall–Kier alpha value is -1.62. The molecule has 1 amide bonds. The maximum atomic E-state index is 10.7. The van der Waals surface area contributed by atoms with Crippen LogP contribution in [0.25, 0.3) is 0 Å². The van der Waals surface area contributed by atoms with E-state index in [0.29, 0.717) is 6.42 Å². The maximum absolute atomic E-state index is 10.7. The highest BCUT2D eigenvalue weighted by atomic mass is 16.4. The van der Waals surface area contributed by atoms with Crippen molar-refractivity contribution in [1.82, 2.24) is 5.32 Å². The molecule has 78 valence electrons. The van der Waals surface area contributed by atoms with Crippen LogP contribution >= 0.6 is 0 Å². The van der Waals surface area contributed by atoms with E-state index in [-0.39, 0.29) is 18.6 Å². The fraction of sp³-hybridized carbons (Fsp3) is 0.333. The van der Waals surface area contributed by atoms with E-state index in [1.807, 2.05) is 0 Å². The summed E-state index contributed by atoms with van der Waals surface area (Å²) in [7, 11) is 0. The van der Waals surface area contributed by atoms with E-state index in [2.05, 4.69) is 11.9 Å². The number of rotatable bonds is 6. The molecule has 0 aromatic heterocycles. The van der Waals surface area contributed by atoms with Gasteiger partial charge in [-0.3, -0.25) is 4.79 Å². The van der Waals surface area contributed by atoms with Crippen LogP contribution < -0.4 is 5.32 Å². The van der Waals surface area contributed by atoms with Gasteiger partial charge in [-0.25, -0.2) is 4.79 Å². The number of carbonyl (C=O) groups excluding carboxylic acids is 1. The van der Waals surface area contributed by atoms with Crippen molar-refractivity contribution >= 4 is 11.9 Å². The molecule has 0 aromatic rings. The number of carboxylic acids is 1. The Morgan fingerprint density at radius 1 is 1.43 bits per heavy atom. The van der Waals surface area contributed by atoms with Crippen molar-refractivity contribution in [2.75, 3.05) is 6.61 Å². The zero-order valence-electron chi connectivity index (χ0n) is 7.69. The highest BCUT2D eigenvalue weighted by Crippen LogP contribution is 2.03. The van der Waals surface area contributed by atoms with Crippen LogP contribution in [0.3, 0.4) is 0 Å². The Kier molecular flexibility index (Phi) is 6.06. The molecule has 0 unspecified atom stereocenters. The van der Waals surface area contributed by atoms with E-state index in [1.54, 1.807) is 0 Å². The Morgan fingerprint density at radius 3 is 2.50 bits per heavy atom. The summed E-state index contributed by atoms with van der Waals surface area (Å²) < 4.78 is 0. The van der Waals surface area contributed by atoms with Crippen LogP contribution in [0, 0.1) is 0 Å². The van der Waals surface area contributed by atoms with E-state index in [4.69, 9.17) is 10.2 Å². The fourth-order valence-corrected chi connectivity index (χ4v) is 0.728. The summed E-state index contributed by atoms with van der Waals surface area (Å²) >= 11 is 0. The average molecular weight is 199 g/mol. The van der Waals surface area contributed by atoms with Crippen LogP contribution in [0.15, 0.2) is 24.4 Å². The maximum Gasteiger partial charge on any atom is 0.333 e. The quantitative estimate of drug-likeness (QED) is 0.527. The van der Waals surface area contributed by atoms with Crippen LogP contribution in [0.1, 0.15) is 12.8 Å². The molecule has 0 aliphatic carbocycles. The van der Waals surface area contributed by atoms with Gasteiger partial charge in [-0.15, -0.1) is 0 Å². The first-order valence-corrected chi connectivity index (χ1v) is 4.08. The summed E-state index contributed by atoms with van der Waals surface area (Å²) in [4.78, 5) is 21.3. The topological polar surface area (TPSA) is 86.6 Å². The predicted octanol–water partition coefficient (Wildman–Crippen LogP) is 0.0296. The summed E-state index contributed by atoms with van der Waals surface area (Å²) in [6.07, 6.45) is 2.72. The molecule has 0 aliphatic rings. The standard InChI is InChI=1S/C9H13NO4/c1-2-8(12)10-6-7(9(13)14)4-3-5-11/h2,6,11H,1,3-5H2,(H,10,12)(H,13,14). The second-order valence-electron chi connectivity index (χ2n) is 2.51. The van der Waals surface area contributed by atoms with Crippen molar-refractivity contribution in [3.05, 3.63) is 24.4 Å². The molecule has 0 spiro atoms. The first kappa shape index (κ1) is 12.4. The number of hydrogen-bond donors (Lipinski definition) is 3. The summed E-state index contributed by atoms with van der Waals surface area (Å²) in [6.45, 7) is 3.13. The molecule has 0 bridgehead atoms. The molecule has 0 saturated heterocycles. The van der Waals surface area contributed by atoms with Gasteiger partial charge in [-0.1, -0.05) is 6.58 Å². The van der Waals surface area contributed by atoms with E-state index < -0.39 is 11.9 Å². The first-order chi connectivity index (χ1) is 6.61. The van der Waals surface area contributed by atoms with Crippen LogP contribution in [0.2, 0.25) is 0 Å². The minimum Gasteiger partial charge on any atom is -0.478 e. The zero-order valence-corrected chi connectivity index (χ0v) is 7.69. The molecule has 3 N–H and O–H groups in total. The van der Waals surface area contributed by atoms with Crippen LogP contribution in [-0.4, -0.2) is 28.7 Å². The fourth-order valence-electron chi connectivity index (χ4n) is 0.728. The highest BCUT2D eigenvalue weighted by Gasteiger charge is 2.06. The number of amides is 1. The molecule has 0 atom stereocenters. The van der Waals surface area contributed by atoms with Gasteiger partial charge in [-0.2, -0.15) is 0 Å². The lowest BCUT2D eigenvalue weighted by molar-refractivity contribution is -0.132. The van der Waals surface area contributed by atoms with Crippen molar-refractivity contribution < 1.29 is 19.8 Å². The van der Waals surface area contributed by atoms with Gasteiger partial charge in [0.05, 0.1) is 5.57 Å². The summed E-state index contributed by atoms with van der Waals surface area (Å²) in [6, 6.07) is 0. The van der Waals surface area contributed by atoms with Gasteiger partial charge < -0.3 is 15.5 Å². The molecule has 0 rings (SSSR count). The number of aliphatic hydroxyl groups is 1. The molecule has 5 heteroatoms. The number of carbonyl (C=O) groups is 2. The van der Waals surface area contributed by atoms with E-state index >= 15 is 0 Å². The lowest BCUT2D eigenvalue weighted by Gasteiger charge is -2.00. The van der Waals surface area contributed by atoms with Crippen molar-refractivity contribution in [2.45, 2.75) is 12.8 Å². The monoisotopic (exact) mass is 199 g/mol. The van der Waals surface area contributed by atoms with Gasteiger partial charge in [0.15, 0.2) is 0 Å². The van der Waals surface area contributed by atoms with E-state index in [0.717, 1.165) is 12.3 Å². The van der Waals surface area contributed by atoms with E-state index in [1.165, 1.54) is 0 Å². The van der Waals surface area contributed by atoms with Gasteiger partial charge in [0.2, 0.25) is 5.91 Å². The van der Waals surface area contributed by atoms with E-state index in [9.17, 15) is 9.59 Å². The highest BCUT2D eigenvalue weighted by molar-refractivity contribution is 5.90. The number of carboxylic acid groups (broad SMARTS) is 1. The lowest BCUT2D eigenvalue weighted by atomic mass is 10.1. The molecule has 14 heavy (non-hydrogen) atoms. The predicted molar refractivity (Wildman–Crippen MR) is 50.4 cm³/mol. The second kappa shape index (κ2) is 6.85. The summed E-state index contributed by atoms with van der Waals surface area (Å²) in [5.41, 5.74) is 0.0502. The molecule has 0 radical (unpaired) electrons.